The molecule has 12 heteroatoms. The van der Waals surface area contributed by atoms with Crippen LogP contribution < -0.4 is 15.0 Å². The lowest BCUT2D eigenvalue weighted by molar-refractivity contribution is -0.274. The molecule has 1 saturated heterocycles. The molecule has 0 radical (unpaired) electrons. The molecule has 3 aromatic carbocycles. The van der Waals surface area contributed by atoms with Crippen molar-refractivity contribution in [2.45, 2.75) is 83.7 Å². The zero-order valence-corrected chi connectivity index (χ0v) is 28.0. The van der Waals surface area contributed by atoms with Crippen LogP contribution in [0.3, 0.4) is 0 Å². The van der Waals surface area contributed by atoms with E-state index in [2.05, 4.69) is 69.0 Å². The van der Waals surface area contributed by atoms with Crippen molar-refractivity contribution in [3.8, 4) is 22.8 Å². The number of nitrogens with one attached hydrogen (secondary N) is 1. The molecule has 1 aliphatic heterocycles. The van der Waals surface area contributed by atoms with Gasteiger partial charge in [-0.15, -0.1) is 18.3 Å². The SMILES string of the molecule is CCCc1ccc(C)cc1N1C(=NC(=O)NC2CCCC2c2ccc(-c3ncn(-c4ccc(OC(F)(F)F)cc4)n3)cc2)SCCC1C. The standard InChI is InChI=1S/C36H39F3N6O2S/c1-4-6-26-10-9-23(2)21-32(26)45-24(3)19-20-48-35(45)42-34(46)41-31-8-5-7-30(31)25-11-13-27(14-12-25)33-40-22-44(43-33)28-15-17-29(18-16-28)47-36(37,38)39/h9-18,21-22,24,30-31H,4-8,19-20H2,1-3H3,(H,41,46). The lowest BCUT2D eigenvalue weighted by Crippen LogP contribution is -2.43. The van der Waals surface area contributed by atoms with Crippen molar-refractivity contribution in [1.82, 2.24) is 20.1 Å². The van der Waals surface area contributed by atoms with Crippen molar-refractivity contribution < 1.29 is 22.7 Å². The van der Waals surface area contributed by atoms with Crippen LogP contribution in [0.15, 0.2) is 78.0 Å². The van der Waals surface area contributed by atoms with Gasteiger partial charge in [-0.1, -0.05) is 67.9 Å². The number of hydrogen-bond donors (Lipinski definition) is 1. The Kier molecular flexibility index (Phi) is 10.1. The molecule has 3 unspecified atom stereocenters. The van der Waals surface area contributed by atoms with E-state index in [1.807, 2.05) is 24.3 Å². The fraction of sp³-hybridized carbons (Fsp3) is 0.389. The minimum atomic E-state index is -4.75. The Morgan fingerprint density at radius 3 is 2.56 bits per heavy atom. The van der Waals surface area contributed by atoms with Crippen LogP contribution in [0.2, 0.25) is 0 Å². The molecular formula is C36H39F3N6O2S. The van der Waals surface area contributed by atoms with E-state index in [9.17, 15) is 18.0 Å². The summed E-state index contributed by atoms with van der Waals surface area (Å²) in [7, 11) is 0. The molecule has 2 aliphatic rings. The Morgan fingerprint density at radius 2 is 1.83 bits per heavy atom. The van der Waals surface area contributed by atoms with Crippen molar-refractivity contribution >= 4 is 28.6 Å². The Bertz CT molecular complexity index is 1760. The van der Waals surface area contributed by atoms with Crippen molar-refractivity contribution in [3.05, 3.63) is 89.7 Å². The summed E-state index contributed by atoms with van der Waals surface area (Å²) in [5, 5.41) is 8.50. The molecule has 2 fully saturated rings. The highest BCUT2D eigenvalue weighted by atomic mass is 32.2. The first-order valence-corrected chi connectivity index (χ1v) is 17.4. The number of anilines is 1. The number of carbonyl (C=O) groups is 1. The van der Waals surface area contributed by atoms with Crippen molar-refractivity contribution in [2.75, 3.05) is 10.7 Å². The van der Waals surface area contributed by atoms with Crippen LogP contribution in [-0.4, -0.2) is 50.2 Å². The number of alkyl halides is 3. The molecule has 2 amide bonds. The van der Waals surface area contributed by atoms with Crippen LogP contribution in [-0.2, 0) is 6.42 Å². The monoisotopic (exact) mass is 676 g/mol. The zero-order chi connectivity index (χ0) is 33.8. The number of benzene rings is 3. The number of amidine groups is 1. The van der Waals surface area contributed by atoms with E-state index in [4.69, 9.17) is 0 Å². The summed E-state index contributed by atoms with van der Waals surface area (Å²) in [5.41, 5.74) is 6.10. The molecule has 8 nitrogen and oxygen atoms in total. The topological polar surface area (TPSA) is 84.6 Å². The third-order valence-corrected chi connectivity index (χ3v) is 9.87. The summed E-state index contributed by atoms with van der Waals surface area (Å²) in [4.78, 5) is 24.7. The molecule has 0 spiro atoms. The number of aliphatic imine (C=N–C) groups is 1. The summed E-state index contributed by atoms with van der Waals surface area (Å²) < 4.78 is 42.9. The van der Waals surface area contributed by atoms with Gasteiger partial charge in [0.1, 0.15) is 12.1 Å². The Labute approximate surface area is 282 Å². The predicted molar refractivity (Wildman–Crippen MR) is 184 cm³/mol. The third-order valence-electron chi connectivity index (χ3n) is 8.88. The minimum absolute atomic E-state index is 0.0246. The number of thioether (sulfide) groups is 1. The van der Waals surface area contributed by atoms with Gasteiger partial charge in [0.25, 0.3) is 0 Å². The summed E-state index contributed by atoms with van der Waals surface area (Å²) in [6, 6.07) is 19.9. The minimum Gasteiger partial charge on any atom is -0.406 e. The second-order valence-electron chi connectivity index (χ2n) is 12.4. The third kappa shape index (κ3) is 7.86. The van der Waals surface area contributed by atoms with Gasteiger partial charge in [-0.25, -0.2) is 14.5 Å². The predicted octanol–water partition coefficient (Wildman–Crippen LogP) is 8.83. The normalized spacial score (nSPS) is 20.7. The smallest absolute Gasteiger partial charge is 0.406 e. The highest BCUT2D eigenvalue weighted by Crippen LogP contribution is 2.36. The van der Waals surface area contributed by atoms with Gasteiger partial charge in [-0.3, -0.25) is 0 Å². The lowest BCUT2D eigenvalue weighted by Gasteiger charge is -2.37. The van der Waals surface area contributed by atoms with E-state index in [0.717, 1.165) is 66.3 Å². The van der Waals surface area contributed by atoms with Crippen LogP contribution in [0.5, 0.6) is 5.75 Å². The summed E-state index contributed by atoms with van der Waals surface area (Å²) in [6.45, 7) is 6.49. The summed E-state index contributed by atoms with van der Waals surface area (Å²) >= 11 is 1.64. The van der Waals surface area contributed by atoms with Crippen molar-refractivity contribution in [1.29, 1.82) is 0 Å². The number of halogens is 3. The van der Waals surface area contributed by atoms with Gasteiger partial charge in [-0.05, 0) is 86.6 Å². The maximum absolute atomic E-state index is 13.4. The van der Waals surface area contributed by atoms with Crippen molar-refractivity contribution in [2.24, 2.45) is 4.99 Å². The first-order chi connectivity index (χ1) is 23.1. The van der Waals surface area contributed by atoms with Gasteiger partial charge in [0, 0.05) is 35.0 Å². The molecule has 252 valence electrons. The van der Waals surface area contributed by atoms with E-state index in [0.29, 0.717) is 11.5 Å². The fourth-order valence-corrected chi connectivity index (χ4v) is 7.73. The molecule has 4 aromatic rings. The molecule has 1 saturated carbocycles. The number of nitrogens with zero attached hydrogens (tertiary/aromatic N) is 5. The van der Waals surface area contributed by atoms with E-state index in [1.165, 1.54) is 46.4 Å². The number of aromatic nitrogens is 3. The van der Waals surface area contributed by atoms with Crippen LogP contribution in [0.1, 0.15) is 68.6 Å². The van der Waals surface area contributed by atoms with Gasteiger partial charge in [0.2, 0.25) is 0 Å². The largest absolute Gasteiger partial charge is 0.573 e. The average Bonchev–Trinajstić information content (AvgIpc) is 3.72. The number of urea groups is 1. The van der Waals surface area contributed by atoms with Crippen LogP contribution in [0.25, 0.3) is 17.1 Å². The van der Waals surface area contributed by atoms with Gasteiger partial charge in [0.05, 0.1) is 5.69 Å². The van der Waals surface area contributed by atoms with E-state index in [-0.39, 0.29) is 29.8 Å². The Hall–Kier alpha value is -4.32. The number of ether oxygens (including phenoxy) is 1. The maximum atomic E-state index is 13.4. The second kappa shape index (κ2) is 14.4. The van der Waals surface area contributed by atoms with Crippen LogP contribution in [0.4, 0.5) is 23.7 Å². The maximum Gasteiger partial charge on any atom is 0.573 e. The first-order valence-electron chi connectivity index (χ1n) is 16.4. The first kappa shape index (κ1) is 33.6. The lowest BCUT2D eigenvalue weighted by atomic mass is 9.93. The average molecular weight is 677 g/mol. The number of carbonyl (C=O) groups excluding carboxylic acids is 1. The second-order valence-corrected chi connectivity index (χ2v) is 13.5. The van der Waals surface area contributed by atoms with Gasteiger partial charge >= 0.3 is 12.4 Å². The van der Waals surface area contributed by atoms with E-state index in [1.54, 1.807) is 11.8 Å². The zero-order valence-electron chi connectivity index (χ0n) is 27.2. The van der Waals surface area contributed by atoms with Crippen molar-refractivity contribution in [3.63, 3.8) is 0 Å². The Morgan fingerprint density at radius 1 is 1.06 bits per heavy atom. The molecule has 3 atom stereocenters. The van der Waals surface area contributed by atoms with Gasteiger partial charge in [-0.2, -0.15) is 4.99 Å². The summed E-state index contributed by atoms with van der Waals surface area (Å²) in [5.74, 6) is 1.27. The number of rotatable bonds is 8. The molecule has 1 aromatic heterocycles. The highest BCUT2D eigenvalue weighted by Gasteiger charge is 2.33. The molecular weight excluding hydrogens is 637 g/mol. The summed E-state index contributed by atoms with van der Waals surface area (Å²) in [6.07, 6.45) is 2.66. The molecule has 2 heterocycles. The molecule has 48 heavy (non-hydrogen) atoms. The Balaban J connectivity index is 1.13. The van der Waals surface area contributed by atoms with E-state index < -0.39 is 6.36 Å². The number of hydrogen-bond acceptors (Lipinski definition) is 5. The van der Waals surface area contributed by atoms with Gasteiger partial charge in [0.15, 0.2) is 11.0 Å². The molecule has 6 rings (SSSR count). The molecule has 1 N–H and O–H groups in total. The molecule has 0 bridgehead atoms. The van der Waals surface area contributed by atoms with Crippen LogP contribution >= 0.6 is 11.8 Å². The fourth-order valence-electron chi connectivity index (χ4n) is 6.52. The molecule has 1 aliphatic carbocycles. The van der Waals surface area contributed by atoms with Gasteiger partial charge < -0.3 is 15.0 Å². The highest BCUT2D eigenvalue weighted by molar-refractivity contribution is 8.14. The number of amides is 2. The quantitative estimate of drug-likeness (QED) is 0.201. The van der Waals surface area contributed by atoms with Crippen LogP contribution in [0, 0.1) is 6.92 Å². The number of aryl methyl sites for hydroxylation is 2. The van der Waals surface area contributed by atoms with E-state index >= 15 is 0 Å².